The summed E-state index contributed by atoms with van der Waals surface area (Å²) < 4.78 is 53.5. The summed E-state index contributed by atoms with van der Waals surface area (Å²) in [5.41, 5.74) is -0.859. The Kier molecular flexibility index (Phi) is 7.59. The first-order chi connectivity index (χ1) is 13.7. The first kappa shape index (κ1) is 22.2. The van der Waals surface area contributed by atoms with Gasteiger partial charge in [0.15, 0.2) is 23.3 Å². The summed E-state index contributed by atoms with van der Waals surface area (Å²) in [6.07, 6.45) is -0.537. The highest BCUT2D eigenvalue weighted by Gasteiger charge is 2.20. The van der Waals surface area contributed by atoms with Gasteiger partial charge in [-0.05, 0) is 18.2 Å². The minimum atomic E-state index is -1.71. The maximum absolute atomic E-state index is 13.6. The fraction of sp³-hybridized carbons (Fsp3) is 0.167. The molecule has 154 valence electrons. The van der Waals surface area contributed by atoms with Crippen LogP contribution in [0.25, 0.3) is 0 Å². The Morgan fingerprint density at radius 3 is 2.17 bits per heavy atom. The predicted octanol–water partition coefficient (Wildman–Crippen LogP) is 3.78. The number of carboxylic acid groups (broad SMARTS) is 1. The molecule has 29 heavy (non-hydrogen) atoms. The SMILES string of the molecule is O=C(O)CCC(=O)Nc1cccc(SCC(=O)Nc2c(F)c(F)cc(F)c2F)c1. The van der Waals surface area contributed by atoms with Crippen molar-refractivity contribution in [2.24, 2.45) is 0 Å². The van der Waals surface area contributed by atoms with Crippen LogP contribution in [0.4, 0.5) is 28.9 Å². The minimum absolute atomic E-state index is 0.0331. The number of rotatable bonds is 8. The molecule has 0 unspecified atom stereocenters. The molecule has 0 radical (unpaired) electrons. The molecule has 2 rings (SSSR count). The standard InChI is InChI=1S/C18H14F4N2O4S/c19-11-7-12(20)17(22)18(16(11)21)24-14(26)8-29-10-3-1-2-9(6-10)23-13(25)4-5-15(27)28/h1-3,6-7H,4-5,8H2,(H,23,25)(H,24,26)(H,27,28). The Balaban J connectivity index is 1.96. The van der Waals surface area contributed by atoms with E-state index in [1.54, 1.807) is 23.5 Å². The average molecular weight is 430 g/mol. The molecule has 3 N–H and O–H groups in total. The van der Waals surface area contributed by atoms with Gasteiger partial charge >= 0.3 is 5.97 Å². The predicted molar refractivity (Wildman–Crippen MR) is 97.6 cm³/mol. The summed E-state index contributed by atoms with van der Waals surface area (Å²) in [5.74, 6) is -9.58. The van der Waals surface area contributed by atoms with Gasteiger partial charge in [0.2, 0.25) is 11.8 Å². The molecule has 0 heterocycles. The molecule has 0 aromatic heterocycles. The normalized spacial score (nSPS) is 10.5. The van der Waals surface area contributed by atoms with Crippen molar-refractivity contribution in [1.82, 2.24) is 0 Å². The lowest BCUT2D eigenvalue weighted by atomic mass is 10.2. The van der Waals surface area contributed by atoms with E-state index in [1.165, 1.54) is 6.07 Å². The number of carbonyl (C=O) groups excluding carboxylic acids is 2. The zero-order valence-electron chi connectivity index (χ0n) is 14.6. The molecular formula is C18H14F4N2O4S. The van der Waals surface area contributed by atoms with E-state index in [9.17, 15) is 31.9 Å². The van der Waals surface area contributed by atoms with Crippen LogP contribution in [0.15, 0.2) is 35.2 Å². The lowest BCUT2D eigenvalue weighted by Crippen LogP contribution is -2.17. The van der Waals surface area contributed by atoms with Gasteiger partial charge in [-0.2, -0.15) is 0 Å². The van der Waals surface area contributed by atoms with Crippen molar-refractivity contribution in [2.75, 3.05) is 16.4 Å². The van der Waals surface area contributed by atoms with Gasteiger partial charge in [-0.3, -0.25) is 14.4 Å². The largest absolute Gasteiger partial charge is 0.481 e. The summed E-state index contributed by atoms with van der Waals surface area (Å²) in [4.78, 5) is 34.5. The second-order valence-electron chi connectivity index (χ2n) is 5.65. The van der Waals surface area contributed by atoms with Crippen LogP contribution in [0.3, 0.4) is 0 Å². The summed E-state index contributed by atoms with van der Waals surface area (Å²) in [6, 6.07) is 6.23. The number of thioether (sulfide) groups is 1. The van der Waals surface area contributed by atoms with Crippen molar-refractivity contribution in [3.63, 3.8) is 0 Å². The molecule has 0 bridgehead atoms. The van der Waals surface area contributed by atoms with E-state index in [1.807, 2.05) is 0 Å². The summed E-state index contributed by atoms with van der Waals surface area (Å²) in [6.45, 7) is 0. The summed E-state index contributed by atoms with van der Waals surface area (Å²) >= 11 is 0.938. The molecule has 0 saturated heterocycles. The zero-order valence-corrected chi connectivity index (χ0v) is 15.4. The van der Waals surface area contributed by atoms with E-state index in [2.05, 4.69) is 5.32 Å². The highest BCUT2D eigenvalue weighted by Crippen LogP contribution is 2.26. The van der Waals surface area contributed by atoms with Gasteiger partial charge in [0, 0.05) is 23.1 Å². The van der Waals surface area contributed by atoms with Crippen LogP contribution < -0.4 is 10.6 Å². The van der Waals surface area contributed by atoms with Crippen molar-refractivity contribution < 1.29 is 37.1 Å². The maximum Gasteiger partial charge on any atom is 0.303 e. The number of nitrogens with one attached hydrogen (secondary N) is 2. The van der Waals surface area contributed by atoms with Crippen LogP contribution in [0.2, 0.25) is 0 Å². The molecule has 0 aliphatic rings. The molecule has 0 spiro atoms. The van der Waals surface area contributed by atoms with Gasteiger partial charge in [-0.15, -0.1) is 11.8 Å². The van der Waals surface area contributed by atoms with E-state index < -0.39 is 46.7 Å². The van der Waals surface area contributed by atoms with E-state index in [-0.39, 0.29) is 24.7 Å². The van der Waals surface area contributed by atoms with Crippen LogP contribution >= 0.6 is 11.8 Å². The number of anilines is 2. The fourth-order valence-corrected chi connectivity index (χ4v) is 2.87. The van der Waals surface area contributed by atoms with Gasteiger partial charge < -0.3 is 15.7 Å². The summed E-state index contributed by atoms with van der Waals surface area (Å²) in [7, 11) is 0. The van der Waals surface area contributed by atoms with Gasteiger partial charge in [-0.25, -0.2) is 17.6 Å². The average Bonchev–Trinajstić information content (AvgIpc) is 2.67. The lowest BCUT2D eigenvalue weighted by Gasteiger charge is -2.09. The third-order valence-corrected chi connectivity index (χ3v) is 4.42. The highest BCUT2D eigenvalue weighted by molar-refractivity contribution is 8.00. The van der Waals surface area contributed by atoms with Gasteiger partial charge in [-0.1, -0.05) is 6.07 Å². The van der Waals surface area contributed by atoms with Gasteiger partial charge in [0.25, 0.3) is 0 Å². The zero-order chi connectivity index (χ0) is 21.6. The molecule has 0 saturated carbocycles. The molecule has 0 atom stereocenters. The number of amides is 2. The lowest BCUT2D eigenvalue weighted by molar-refractivity contribution is -0.138. The topological polar surface area (TPSA) is 95.5 Å². The third-order valence-electron chi connectivity index (χ3n) is 3.43. The highest BCUT2D eigenvalue weighted by atomic mass is 32.2. The Morgan fingerprint density at radius 1 is 0.897 bits per heavy atom. The quantitative estimate of drug-likeness (QED) is 0.337. The number of carboxylic acids is 1. The summed E-state index contributed by atoms with van der Waals surface area (Å²) in [5, 5.41) is 12.8. The smallest absolute Gasteiger partial charge is 0.303 e. The Bertz CT molecular complexity index is 929. The molecule has 2 amide bonds. The monoisotopic (exact) mass is 430 g/mol. The van der Waals surface area contributed by atoms with Crippen LogP contribution in [0.5, 0.6) is 0 Å². The number of carbonyl (C=O) groups is 3. The maximum atomic E-state index is 13.6. The van der Waals surface area contributed by atoms with Crippen molar-refractivity contribution in [2.45, 2.75) is 17.7 Å². The van der Waals surface area contributed by atoms with Crippen molar-refractivity contribution in [3.8, 4) is 0 Å². The van der Waals surface area contributed by atoms with E-state index in [0.717, 1.165) is 11.8 Å². The Hall–Kier alpha value is -3.08. The molecule has 6 nitrogen and oxygen atoms in total. The van der Waals surface area contributed by atoms with E-state index in [0.29, 0.717) is 10.6 Å². The molecule has 0 fully saturated rings. The second kappa shape index (κ2) is 9.92. The van der Waals surface area contributed by atoms with Crippen molar-refractivity contribution in [3.05, 3.63) is 53.6 Å². The number of hydrogen-bond acceptors (Lipinski definition) is 4. The van der Waals surface area contributed by atoms with Crippen LogP contribution in [-0.2, 0) is 14.4 Å². The molecule has 2 aromatic carbocycles. The van der Waals surface area contributed by atoms with Crippen LogP contribution in [-0.4, -0.2) is 28.6 Å². The second-order valence-corrected chi connectivity index (χ2v) is 6.70. The van der Waals surface area contributed by atoms with Gasteiger partial charge in [0.05, 0.1) is 12.2 Å². The number of aliphatic carboxylic acids is 1. The molecule has 0 aliphatic carbocycles. The first-order valence-electron chi connectivity index (χ1n) is 8.04. The van der Waals surface area contributed by atoms with E-state index in [4.69, 9.17) is 5.11 Å². The number of hydrogen-bond donors (Lipinski definition) is 3. The Labute approximate surface area is 166 Å². The number of halogens is 4. The third kappa shape index (κ3) is 6.49. The number of benzene rings is 2. The molecular weight excluding hydrogens is 416 g/mol. The van der Waals surface area contributed by atoms with Crippen molar-refractivity contribution >= 4 is 40.9 Å². The fourth-order valence-electron chi connectivity index (χ4n) is 2.11. The molecule has 0 aliphatic heterocycles. The minimum Gasteiger partial charge on any atom is -0.481 e. The Morgan fingerprint density at radius 2 is 1.55 bits per heavy atom. The van der Waals surface area contributed by atoms with Gasteiger partial charge in [0.1, 0.15) is 5.69 Å². The van der Waals surface area contributed by atoms with Crippen LogP contribution in [0.1, 0.15) is 12.8 Å². The van der Waals surface area contributed by atoms with Crippen LogP contribution in [0, 0.1) is 23.3 Å². The molecule has 2 aromatic rings. The molecule has 11 heteroatoms. The van der Waals surface area contributed by atoms with Crippen molar-refractivity contribution in [1.29, 1.82) is 0 Å². The van der Waals surface area contributed by atoms with E-state index >= 15 is 0 Å². The first-order valence-corrected chi connectivity index (χ1v) is 9.03.